The average molecular weight is 532 g/mol. The summed E-state index contributed by atoms with van der Waals surface area (Å²) in [6.07, 6.45) is 2.03. The zero-order valence-corrected chi connectivity index (χ0v) is 20.9. The van der Waals surface area contributed by atoms with Gasteiger partial charge in [0, 0.05) is 24.5 Å². The monoisotopic (exact) mass is 531 g/mol. The number of likely N-dealkylation sites (tertiary alicyclic amines) is 1. The number of hydrogen-bond donors (Lipinski definition) is 1. The molecule has 0 atom stereocenters. The molecule has 1 aromatic carbocycles. The van der Waals surface area contributed by atoms with Gasteiger partial charge >= 0.3 is 12.6 Å². The van der Waals surface area contributed by atoms with Crippen LogP contribution in [0.25, 0.3) is 0 Å². The van der Waals surface area contributed by atoms with Gasteiger partial charge in [-0.15, -0.1) is 0 Å². The molecule has 2 heterocycles. The van der Waals surface area contributed by atoms with Crippen LogP contribution < -0.4 is 14.4 Å². The summed E-state index contributed by atoms with van der Waals surface area (Å²) >= 11 is 6.62. The number of anilines is 1. The lowest BCUT2D eigenvalue weighted by atomic mass is 10.3. The van der Waals surface area contributed by atoms with Crippen LogP contribution in [-0.2, 0) is 10.0 Å². The Morgan fingerprint density at radius 1 is 1.24 bits per heavy atom. The van der Waals surface area contributed by atoms with Crippen molar-refractivity contribution >= 4 is 50.3 Å². The van der Waals surface area contributed by atoms with E-state index in [4.69, 9.17) is 12.2 Å². The molecule has 0 bridgehead atoms. The van der Waals surface area contributed by atoms with Crippen molar-refractivity contribution in [2.45, 2.75) is 38.2 Å². The third-order valence-electron chi connectivity index (χ3n) is 4.71. The van der Waals surface area contributed by atoms with Crippen molar-refractivity contribution < 1.29 is 26.7 Å². The molecule has 1 aliphatic rings. The van der Waals surface area contributed by atoms with Crippen LogP contribution in [0.2, 0.25) is 0 Å². The fourth-order valence-corrected chi connectivity index (χ4v) is 5.50. The Morgan fingerprint density at radius 3 is 2.47 bits per heavy atom. The number of rotatable bonds is 7. The van der Waals surface area contributed by atoms with Crippen LogP contribution in [0.3, 0.4) is 0 Å². The number of benzene rings is 1. The van der Waals surface area contributed by atoms with Gasteiger partial charge in [-0.2, -0.15) is 8.78 Å². The Hall–Kier alpha value is -2.58. The highest BCUT2D eigenvalue weighted by atomic mass is 32.2. The summed E-state index contributed by atoms with van der Waals surface area (Å²) in [6.45, 7) is 1.81. The Bertz CT molecular complexity index is 1140. The van der Waals surface area contributed by atoms with E-state index in [0.717, 1.165) is 43.0 Å². The standard InChI is InChI=1S/C20H23F2N5O4S3/c1-13-11-14(2)24-18(23-13)27(12-33-20(32)26-9-5-6-10-26)19(28)25-34(29,30)16-8-4-3-7-15(16)31-17(21)22/h3-4,7-8,11,17H,5-6,9-10,12H2,1-2H3,(H,25,28). The van der Waals surface area contributed by atoms with Gasteiger partial charge in [0.25, 0.3) is 10.0 Å². The number of sulfonamides is 1. The van der Waals surface area contributed by atoms with Crippen LogP contribution in [-0.4, -0.2) is 59.2 Å². The number of thiocarbonyl (C=S) groups is 1. The highest BCUT2D eigenvalue weighted by Gasteiger charge is 2.29. The van der Waals surface area contributed by atoms with Crippen molar-refractivity contribution in [1.29, 1.82) is 0 Å². The minimum atomic E-state index is -4.57. The number of halogens is 2. The zero-order valence-electron chi connectivity index (χ0n) is 18.4. The summed E-state index contributed by atoms with van der Waals surface area (Å²) in [6, 6.07) is 5.43. The summed E-state index contributed by atoms with van der Waals surface area (Å²) in [5.41, 5.74) is 1.15. The van der Waals surface area contributed by atoms with Crippen LogP contribution in [0.1, 0.15) is 24.2 Å². The molecule has 1 aliphatic heterocycles. The third kappa shape index (κ3) is 6.73. The first-order chi connectivity index (χ1) is 16.1. The zero-order chi connectivity index (χ0) is 24.9. The van der Waals surface area contributed by atoms with E-state index in [1.54, 1.807) is 19.9 Å². The molecule has 2 amide bonds. The van der Waals surface area contributed by atoms with Gasteiger partial charge in [-0.1, -0.05) is 36.1 Å². The van der Waals surface area contributed by atoms with Crippen molar-refractivity contribution in [1.82, 2.24) is 19.6 Å². The summed E-state index contributed by atoms with van der Waals surface area (Å²) in [5, 5.41) is 0. The molecule has 0 unspecified atom stereocenters. The predicted octanol–water partition coefficient (Wildman–Crippen LogP) is 3.67. The number of carbonyl (C=O) groups excluding carboxylic acids is 1. The Labute approximate surface area is 205 Å². The Morgan fingerprint density at radius 2 is 1.85 bits per heavy atom. The van der Waals surface area contributed by atoms with Crippen molar-refractivity contribution in [3.8, 4) is 5.75 Å². The number of thioether (sulfide) groups is 1. The molecule has 1 N–H and O–H groups in total. The molecule has 184 valence electrons. The van der Waals surface area contributed by atoms with Crippen LogP contribution >= 0.6 is 24.0 Å². The molecule has 0 radical (unpaired) electrons. The van der Waals surface area contributed by atoms with Crippen LogP contribution in [0, 0.1) is 13.8 Å². The molecule has 14 heteroatoms. The number of nitrogens with one attached hydrogen (secondary N) is 1. The van der Waals surface area contributed by atoms with Crippen molar-refractivity contribution in [2.75, 3.05) is 23.9 Å². The maximum Gasteiger partial charge on any atom is 0.387 e. The number of aromatic nitrogens is 2. The number of alkyl halides is 2. The molecule has 0 spiro atoms. The van der Waals surface area contributed by atoms with E-state index in [1.807, 2.05) is 9.62 Å². The Kier molecular flexibility index (Phi) is 8.60. The van der Waals surface area contributed by atoms with Gasteiger partial charge in [0.05, 0.1) is 5.88 Å². The minimum absolute atomic E-state index is 0.0148. The Balaban J connectivity index is 1.86. The minimum Gasteiger partial charge on any atom is -0.433 e. The lowest BCUT2D eigenvalue weighted by Gasteiger charge is -2.24. The third-order valence-corrected chi connectivity index (χ3v) is 7.58. The van der Waals surface area contributed by atoms with E-state index in [2.05, 4.69) is 14.7 Å². The second-order valence-electron chi connectivity index (χ2n) is 7.35. The highest BCUT2D eigenvalue weighted by molar-refractivity contribution is 8.23. The maximum absolute atomic E-state index is 13.1. The van der Waals surface area contributed by atoms with Crippen LogP contribution in [0.4, 0.5) is 19.5 Å². The first-order valence-electron chi connectivity index (χ1n) is 10.2. The van der Waals surface area contributed by atoms with Gasteiger partial charge in [-0.05, 0) is 44.9 Å². The largest absolute Gasteiger partial charge is 0.433 e. The molecule has 1 saturated heterocycles. The van der Waals surface area contributed by atoms with E-state index in [0.29, 0.717) is 15.7 Å². The van der Waals surface area contributed by atoms with E-state index < -0.39 is 33.3 Å². The number of carbonyl (C=O) groups is 1. The molecule has 0 aliphatic carbocycles. The molecule has 1 fully saturated rings. The molecule has 1 aromatic heterocycles. The number of nitrogens with zero attached hydrogens (tertiary/aromatic N) is 4. The second kappa shape index (κ2) is 11.2. The summed E-state index contributed by atoms with van der Waals surface area (Å²) in [4.78, 5) is 24.1. The number of urea groups is 1. The topological polar surface area (TPSA) is 105 Å². The SMILES string of the molecule is Cc1cc(C)nc(N(CSC(=S)N2CCCC2)C(=O)NS(=O)(=O)c2ccccc2OC(F)F)n1. The predicted molar refractivity (Wildman–Crippen MR) is 129 cm³/mol. The molecular weight excluding hydrogens is 508 g/mol. The summed E-state index contributed by atoms with van der Waals surface area (Å²) in [7, 11) is -4.57. The van der Waals surface area contributed by atoms with E-state index in [9.17, 15) is 22.0 Å². The van der Waals surface area contributed by atoms with Gasteiger partial charge in [0.1, 0.15) is 15.0 Å². The first kappa shape index (κ1) is 26.0. The molecule has 0 saturated carbocycles. The molecule has 34 heavy (non-hydrogen) atoms. The van der Waals surface area contributed by atoms with E-state index in [1.165, 1.54) is 23.9 Å². The normalized spacial score (nSPS) is 13.7. The van der Waals surface area contributed by atoms with Crippen LogP contribution in [0.15, 0.2) is 35.2 Å². The average Bonchev–Trinajstić information content (AvgIpc) is 3.27. The molecular formula is C20H23F2N5O4S3. The van der Waals surface area contributed by atoms with Gasteiger partial charge in [-0.25, -0.2) is 27.9 Å². The van der Waals surface area contributed by atoms with Gasteiger partial charge in [-0.3, -0.25) is 4.90 Å². The number of hydrogen-bond acceptors (Lipinski definition) is 8. The fourth-order valence-electron chi connectivity index (χ4n) is 3.24. The smallest absolute Gasteiger partial charge is 0.387 e. The summed E-state index contributed by atoms with van der Waals surface area (Å²) in [5.74, 6) is -0.662. The first-order valence-corrected chi connectivity index (χ1v) is 13.1. The van der Waals surface area contributed by atoms with Crippen LogP contribution in [0.5, 0.6) is 5.75 Å². The number of ether oxygens (including phenoxy) is 1. The van der Waals surface area contributed by atoms with Gasteiger partial charge in [0.15, 0.2) is 0 Å². The summed E-state index contributed by atoms with van der Waals surface area (Å²) < 4.78 is 58.0. The maximum atomic E-state index is 13.1. The second-order valence-corrected chi connectivity index (χ2v) is 10.6. The molecule has 2 aromatic rings. The number of para-hydroxylation sites is 1. The van der Waals surface area contributed by atoms with E-state index >= 15 is 0 Å². The van der Waals surface area contributed by atoms with Crippen molar-refractivity contribution in [3.63, 3.8) is 0 Å². The molecule has 3 rings (SSSR count). The van der Waals surface area contributed by atoms with E-state index in [-0.39, 0.29) is 11.8 Å². The van der Waals surface area contributed by atoms with Gasteiger partial charge < -0.3 is 9.64 Å². The molecule has 9 nitrogen and oxygen atoms in total. The quantitative estimate of drug-likeness (QED) is 0.423. The fraction of sp³-hybridized carbons (Fsp3) is 0.400. The number of aryl methyl sites for hydroxylation is 2. The highest BCUT2D eigenvalue weighted by Crippen LogP contribution is 2.26. The lowest BCUT2D eigenvalue weighted by molar-refractivity contribution is -0.0517. The number of amides is 2. The van der Waals surface area contributed by atoms with Gasteiger partial charge in [0.2, 0.25) is 5.95 Å². The lowest BCUT2D eigenvalue weighted by Crippen LogP contribution is -2.44. The van der Waals surface area contributed by atoms with Crippen molar-refractivity contribution in [2.24, 2.45) is 0 Å². The van der Waals surface area contributed by atoms with Crippen molar-refractivity contribution in [3.05, 3.63) is 41.7 Å².